The highest BCUT2D eigenvalue weighted by Crippen LogP contribution is 2.33. The maximum Gasteiger partial charge on any atom is 0.230 e. The number of piperazine rings is 1. The second-order valence-corrected chi connectivity index (χ2v) is 7.57. The lowest BCUT2D eigenvalue weighted by atomic mass is 9.82. The van der Waals surface area contributed by atoms with Crippen molar-refractivity contribution < 1.29 is 9.90 Å². The first-order valence-electron chi connectivity index (χ1n) is 9.53. The molecule has 1 heterocycles. The van der Waals surface area contributed by atoms with E-state index in [4.69, 9.17) is 0 Å². The van der Waals surface area contributed by atoms with Gasteiger partial charge in [-0.2, -0.15) is 0 Å². The largest absolute Gasteiger partial charge is 0.391 e. The first-order chi connectivity index (χ1) is 11.7. The van der Waals surface area contributed by atoms with Crippen LogP contribution in [-0.4, -0.2) is 59.1 Å². The number of fused-ring (bicyclic) bond motifs is 1. The monoisotopic (exact) mass is 328 g/mol. The number of carbonyl (C=O) groups is 1. The van der Waals surface area contributed by atoms with Crippen LogP contribution in [0.2, 0.25) is 0 Å². The average molecular weight is 328 g/mol. The van der Waals surface area contributed by atoms with Gasteiger partial charge in [0.25, 0.3) is 0 Å². The summed E-state index contributed by atoms with van der Waals surface area (Å²) in [5.41, 5.74) is 2.61. The summed E-state index contributed by atoms with van der Waals surface area (Å²) in [5.74, 6) is 0.368. The molecule has 1 saturated carbocycles. The fraction of sp³-hybridized carbons (Fsp3) is 0.650. The topological polar surface area (TPSA) is 43.8 Å². The Balaban J connectivity index is 1.40. The third-order valence-electron chi connectivity index (χ3n) is 6.21. The van der Waals surface area contributed by atoms with Gasteiger partial charge in [0.05, 0.1) is 12.0 Å². The van der Waals surface area contributed by atoms with Crippen molar-refractivity contribution >= 4 is 5.91 Å². The molecule has 0 bridgehead atoms. The van der Waals surface area contributed by atoms with Crippen molar-refractivity contribution in [2.24, 2.45) is 0 Å². The van der Waals surface area contributed by atoms with Crippen LogP contribution in [-0.2, 0) is 11.2 Å². The number of rotatable bonds is 2. The number of nitrogens with zero attached hydrogens (tertiary/aromatic N) is 2. The van der Waals surface area contributed by atoms with Crippen LogP contribution in [0.3, 0.4) is 0 Å². The molecule has 1 aromatic rings. The molecule has 130 valence electrons. The first kappa shape index (κ1) is 16.1. The Kier molecular flexibility index (Phi) is 4.59. The van der Waals surface area contributed by atoms with Gasteiger partial charge in [-0.3, -0.25) is 9.69 Å². The van der Waals surface area contributed by atoms with E-state index in [1.54, 1.807) is 0 Å². The molecule has 24 heavy (non-hydrogen) atoms. The summed E-state index contributed by atoms with van der Waals surface area (Å²) >= 11 is 0. The minimum Gasteiger partial charge on any atom is -0.391 e. The molecular weight excluding hydrogens is 300 g/mol. The summed E-state index contributed by atoms with van der Waals surface area (Å²) in [6, 6.07) is 8.77. The highest BCUT2D eigenvalue weighted by atomic mass is 16.3. The van der Waals surface area contributed by atoms with E-state index in [1.807, 2.05) is 0 Å². The van der Waals surface area contributed by atoms with Gasteiger partial charge in [-0.25, -0.2) is 0 Å². The van der Waals surface area contributed by atoms with Gasteiger partial charge in [-0.1, -0.05) is 24.3 Å². The third-order valence-corrected chi connectivity index (χ3v) is 6.21. The first-order valence-corrected chi connectivity index (χ1v) is 9.53. The Morgan fingerprint density at radius 2 is 1.79 bits per heavy atom. The van der Waals surface area contributed by atoms with Crippen molar-refractivity contribution in [2.45, 2.75) is 56.6 Å². The van der Waals surface area contributed by atoms with E-state index in [9.17, 15) is 9.90 Å². The minimum absolute atomic E-state index is 0.0542. The second-order valence-electron chi connectivity index (χ2n) is 7.57. The fourth-order valence-electron chi connectivity index (χ4n) is 4.85. The Morgan fingerprint density at radius 1 is 1.00 bits per heavy atom. The molecular formula is C20H28N2O2. The van der Waals surface area contributed by atoms with Crippen molar-refractivity contribution in [3.8, 4) is 0 Å². The normalized spacial score (nSPS) is 31.0. The fourth-order valence-corrected chi connectivity index (χ4v) is 4.85. The standard InChI is InChI=1S/C20H28N2O2/c23-19-10-4-9-18(19)21-11-13-22(14-12-21)20(24)17-8-3-6-15-5-1-2-7-16(15)17/h1-2,5,7,17-19,23H,3-4,6,8-14H2. The number of hydrogen-bond donors (Lipinski definition) is 1. The van der Waals surface area contributed by atoms with E-state index in [0.717, 1.165) is 64.7 Å². The summed E-state index contributed by atoms with van der Waals surface area (Å²) in [6.07, 6.45) is 6.20. The van der Waals surface area contributed by atoms with Gasteiger partial charge < -0.3 is 10.0 Å². The molecule has 1 saturated heterocycles. The summed E-state index contributed by atoms with van der Waals surface area (Å²) < 4.78 is 0. The summed E-state index contributed by atoms with van der Waals surface area (Å²) in [4.78, 5) is 17.5. The number of aliphatic hydroxyl groups excluding tert-OH is 1. The van der Waals surface area contributed by atoms with Crippen LogP contribution in [0.1, 0.15) is 49.1 Å². The molecule has 0 spiro atoms. The maximum atomic E-state index is 13.1. The highest BCUT2D eigenvalue weighted by molar-refractivity contribution is 5.84. The van der Waals surface area contributed by atoms with Crippen LogP contribution in [0.4, 0.5) is 0 Å². The zero-order chi connectivity index (χ0) is 16.5. The zero-order valence-corrected chi connectivity index (χ0v) is 14.4. The Morgan fingerprint density at radius 3 is 2.54 bits per heavy atom. The molecule has 4 heteroatoms. The van der Waals surface area contributed by atoms with E-state index in [1.165, 1.54) is 11.1 Å². The molecule has 1 N–H and O–H groups in total. The predicted molar refractivity (Wildman–Crippen MR) is 93.9 cm³/mol. The van der Waals surface area contributed by atoms with E-state index in [0.29, 0.717) is 11.9 Å². The van der Waals surface area contributed by atoms with Crippen molar-refractivity contribution in [3.63, 3.8) is 0 Å². The number of amides is 1. The van der Waals surface area contributed by atoms with Gasteiger partial charge in [0, 0.05) is 32.2 Å². The van der Waals surface area contributed by atoms with E-state index in [2.05, 4.69) is 34.1 Å². The van der Waals surface area contributed by atoms with Crippen LogP contribution < -0.4 is 0 Å². The van der Waals surface area contributed by atoms with Crippen LogP contribution in [0.25, 0.3) is 0 Å². The van der Waals surface area contributed by atoms with Gasteiger partial charge in [-0.15, -0.1) is 0 Å². The lowest BCUT2D eigenvalue weighted by Crippen LogP contribution is -2.54. The second kappa shape index (κ2) is 6.85. The number of aryl methyl sites for hydroxylation is 1. The summed E-state index contributed by atoms with van der Waals surface area (Å²) in [6.45, 7) is 3.42. The van der Waals surface area contributed by atoms with Gasteiger partial charge in [0.15, 0.2) is 0 Å². The molecule has 1 aromatic carbocycles. The SMILES string of the molecule is O=C(C1CCCc2ccccc21)N1CCN(C2CCCC2O)CC1. The minimum atomic E-state index is -0.169. The molecule has 4 nitrogen and oxygen atoms in total. The van der Waals surface area contributed by atoms with Crippen molar-refractivity contribution in [1.29, 1.82) is 0 Å². The number of hydrogen-bond acceptors (Lipinski definition) is 3. The number of carbonyl (C=O) groups excluding carboxylic acids is 1. The molecule has 1 amide bonds. The van der Waals surface area contributed by atoms with Gasteiger partial charge >= 0.3 is 0 Å². The van der Waals surface area contributed by atoms with Crippen molar-refractivity contribution in [1.82, 2.24) is 9.80 Å². The molecule has 2 fully saturated rings. The van der Waals surface area contributed by atoms with Crippen molar-refractivity contribution in [3.05, 3.63) is 35.4 Å². The van der Waals surface area contributed by atoms with E-state index in [-0.39, 0.29) is 12.0 Å². The van der Waals surface area contributed by atoms with E-state index >= 15 is 0 Å². The van der Waals surface area contributed by atoms with E-state index < -0.39 is 0 Å². The Hall–Kier alpha value is -1.39. The highest BCUT2D eigenvalue weighted by Gasteiger charge is 2.35. The Labute approximate surface area is 144 Å². The number of aliphatic hydroxyl groups is 1. The lowest BCUT2D eigenvalue weighted by molar-refractivity contribution is -0.135. The van der Waals surface area contributed by atoms with Gasteiger partial charge in [-0.05, 0) is 49.7 Å². The molecule has 3 atom stereocenters. The van der Waals surface area contributed by atoms with Crippen molar-refractivity contribution in [2.75, 3.05) is 26.2 Å². The van der Waals surface area contributed by atoms with Crippen LogP contribution >= 0.6 is 0 Å². The van der Waals surface area contributed by atoms with Gasteiger partial charge in [0.2, 0.25) is 5.91 Å². The molecule has 1 aliphatic heterocycles. The van der Waals surface area contributed by atoms with Crippen LogP contribution in [0.15, 0.2) is 24.3 Å². The summed E-state index contributed by atoms with van der Waals surface area (Å²) in [5, 5.41) is 10.1. The van der Waals surface area contributed by atoms with Gasteiger partial charge in [0.1, 0.15) is 0 Å². The molecule has 0 aromatic heterocycles. The van der Waals surface area contributed by atoms with Crippen LogP contribution in [0, 0.1) is 0 Å². The molecule has 4 rings (SSSR count). The predicted octanol–water partition coefficient (Wildman–Crippen LogP) is 2.16. The summed E-state index contributed by atoms with van der Waals surface area (Å²) in [7, 11) is 0. The Bertz CT molecular complexity index is 595. The number of benzene rings is 1. The smallest absolute Gasteiger partial charge is 0.230 e. The quantitative estimate of drug-likeness (QED) is 0.905. The molecule has 3 unspecified atom stereocenters. The lowest BCUT2D eigenvalue weighted by Gasteiger charge is -2.40. The molecule has 2 aliphatic carbocycles. The maximum absolute atomic E-state index is 13.1. The zero-order valence-electron chi connectivity index (χ0n) is 14.4. The third kappa shape index (κ3) is 2.98. The average Bonchev–Trinajstić information content (AvgIpc) is 3.07. The molecule has 3 aliphatic rings. The molecule has 0 radical (unpaired) electrons. The van der Waals surface area contributed by atoms with Crippen LogP contribution in [0.5, 0.6) is 0 Å².